The topological polar surface area (TPSA) is 93.0 Å². The van der Waals surface area contributed by atoms with E-state index in [4.69, 9.17) is 9.47 Å². The van der Waals surface area contributed by atoms with Gasteiger partial charge in [-0.15, -0.1) is 0 Å². The Labute approximate surface area is 202 Å². The molecule has 1 saturated heterocycles. The number of aromatic nitrogens is 1. The average molecular weight is 474 g/mol. The maximum absolute atomic E-state index is 13.7. The predicted molar refractivity (Wildman–Crippen MR) is 128 cm³/mol. The highest BCUT2D eigenvalue weighted by atomic mass is 16.7. The molecule has 3 aliphatic heterocycles. The molecule has 0 spiro atoms. The van der Waals surface area contributed by atoms with Gasteiger partial charge in [-0.05, 0) is 29.3 Å². The molecule has 1 aromatic heterocycles. The molecule has 3 aromatic rings. The summed E-state index contributed by atoms with van der Waals surface area (Å²) in [5.74, 6) is 0.461. The maximum atomic E-state index is 13.7. The van der Waals surface area contributed by atoms with Crippen LogP contribution < -0.4 is 20.3 Å². The van der Waals surface area contributed by atoms with Crippen LogP contribution in [0.1, 0.15) is 22.9 Å². The summed E-state index contributed by atoms with van der Waals surface area (Å²) in [7, 11) is 0. The van der Waals surface area contributed by atoms with Crippen LogP contribution in [0.4, 0.5) is 0 Å². The molecule has 2 bridgehead atoms. The highest BCUT2D eigenvalue weighted by Gasteiger charge is 2.55. The lowest BCUT2D eigenvalue weighted by Gasteiger charge is -2.38. The zero-order chi connectivity index (χ0) is 23.9. The minimum atomic E-state index is -0.488. The Morgan fingerprint density at radius 2 is 1.83 bits per heavy atom. The van der Waals surface area contributed by atoms with E-state index >= 15 is 0 Å². The van der Waals surface area contributed by atoms with Crippen LogP contribution in [0, 0.1) is 11.8 Å². The number of rotatable bonds is 6. The molecular weight excluding hydrogens is 446 g/mol. The van der Waals surface area contributed by atoms with E-state index in [1.165, 1.54) is 0 Å². The lowest BCUT2D eigenvalue weighted by molar-refractivity contribution is -0.127. The number of aliphatic hydroxyl groups is 1. The van der Waals surface area contributed by atoms with Gasteiger partial charge in [-0.2, -0.15) is 0 Å². The Hall–Kier alpha value is -3.62. The number of amides is 1. The van der Waals surface area contributed by atoms with Gasteiger partial charge in [0.1, 0.15) is 0 Å². The van der Waals surface area contributed by atoms with Crippen molar-refractivity contribution in [2.75, 3.05) is 13.4 Å². The van der Waals surface area contributed by atoms with Crippen LogP contribution in [0.3, 0.4) is 0 Å². The minimum absolute atomic E-state index is 0.0741. The van der Waals surface area contributed by atoms with Crippen molar-refractivity contribution in [2.45, 2.75) is 31.7 Å². The first-order valence-electron chi connectivity index (χ1n) is 11.9. The Kier molecular flexibility index (Phi) is 5.54. The molecule has 4 heterocycles. The molecule has 0 unspecified atom stereocenters. The van der Waals surface area contributed by atoms with Crippen LogP contribution >= 0.6 is 0 Å². The molecule has 4 atom stereocenters. The smallest absolute Gasteiger partial charge is 0.250 e. The van der Waals surface area contributed by atoms with Crippen LogP contribution in [-0.2, 0) is 24.4 Å². The number of carbonyl (C=O) groups is 1. The number of hydrogen-bond donors (Lipinski definition) is 2. The molecule has 3 aliphatic rings. The number of carbonyl (C=O) groups excluding carboxylic acids is 1. The van der Waals surface area contributed by atoms with Gasteiger partial charge in [-0.3, -0.25) is 14.5 Å². The minimum Gasteiger partial charge on any atom is -0.454 e. The van der Waals surface area contributed by atoms with Crippen molar-refractivity contribution < 1.29 is 19.4 Å². The number of nitrogens with one attached hydrogen (secondary N) is 1. The Morgan fingerprint density at radius 3 is 2.66 bits per heavy atom. The summed E-state index contributed by atoms with van der Waals surface area (Å²) < 4.78 is 12.6. The average Bonchev–Trinajstić information content (AvgIpc) is 3.42. The number of aliphatic hydroxyl groups excluding tert-OH is 1. The molecule has 0 aliphatic carbocycles. The molecule has 8 heteroatoms. The quantitative estimate of drug-likeness (QED) is 0.569. The second kappa shape index (κ2) is 8.87. The molecule has 35 heavy (non-hydrogen) atoms. The van der Waals surface area contributed by atoms with Crippen molar-refractivity contribution in [3.8, 4) is 11.5 Å². The highest BCUT2D eigenvalue weighted by molar-refractivity contribution is 5.80. The molecular formula is C27H27N3O5. The number of fused-ring (bicyclic) bond motifs is 5. The van der Waals surface area contributed by atoms with E-state index in [0.717, 1.165) is 16.8 Å². The second-order valence-corrected chi connectivity index (χ2v) is 9.35. The zero-order valence-electron chi connectivity index (χ0n) is 19.2. The third-order valence-corrected chi connectivity index (χ3v) is 7.46. The van der Waals surface area contributed by atoms with E-state index in [0.29, 0.717) is 31.1 Å². The van der Waals surface area contributed by atoms with Crippen LogP contribution in [-0.4, -0.2) is 39.9 Å². The Bertz CT molecular complexity index is 1310. The molecule has 2 aromatic carbocycles. The molecule has 6 rings (SSSR count). The molecule has 1 fully saturated rings. The van der Waals surface area contributed by atoms with E-state index in [2.05, 4.69) is 22.3 Å². The largest absolute Gasteiger partial charge is 0.454 e. The Morgan fingerprint density at radius 1 is 1.00 bits per heavy atom. The van der Waals surface area contributed by atoms with Crippen molar-refractivity contribution in [3.63, 3.8) is 0 Å². The lowest BCUT2D eigenvalue weighted by atomic mass is 9.86. The fourth-order valence-corrected chi connectivity index (χ4v) is 5.84. The number of pyridine rings is 1. The van der Waals surface area contributed by atoms with Crippen molar-refractivity contribution in [2.24, 2.45) is 11.8 Å². The van der Waals surface area contributed by atoms with Gasteiger partial charge in [0, 0.05) is 50.0 Å². The number of hydrogen-bond acceptors (Lipinski definition) is 6. The maximum Gasteiger partial charge on any atom is 0.250 e. The Balaban J connectivity index is 1.31. The fourth-order valence-electron chi connectivity index (χ4n) is 5.84. The van der Waals surface area contributed by atoms with E-state index in [1.807, 2.05) is 42.5 Å². The van der Waals surface area contributed by atoms with E-state index in [-0.39, 0.29) is 42.9 Å². The third-order valence-electron chi connectivity index (χ3n) is 7.46. The standard InChI is InChI=1S/C27H27N3O5/c31-15-19-21-14-29-20(7-4-8-24(29)32)26(30(21)13-17-5-2-1-3-6-17)25(19)27(33)28-12-18-9-10-22-23(11-18)35-16-34-22/h1-11,19,21,25-26,31H,12-16H2,(H,28,33)/t19-,21-,25+,26+/m1/s1. The van der Waals surface area contributed by atoms with Gasteiger partial charge < -0.3 is 24.5 Å². The molecule has 2 N–H and O–H groups in total. The van der Waals surface area contributed by atoms with E-state index < -0.39 is 5.92 Å². The molecule has 1 amide bonds. The van der Waals surface area contributed by atoms with Crippen molar-refractivity contribution in [1.82, 2.24) is 14.8 Å². The summed E-state index contributed by atoms with van der Waals surface area (Å²) in [5, 5.41) is 13.5. The van der Waals surface area contributed by atoms with Crippen LogP contribution in [0.25, 0.3) is 0 Å². The molecule has 0 radical (unpaired) electrons. The predicted octanol–water partition coefficient (Wildman–Crippen LogP) is 2.06. The summed E-state index contributed by atoms with van der Waals surface area (Å²) in [6.45, 7) is 1.50. The zero-order valence-corrected chi connectivity index (χ0v) is 19.2. The van der Waals surface area contributed by atoms with Gasteiger partial charge in [0.05, 0.1) is 12.0 Å². The van der Waals surface area contributed by atoms with E-state index in [1.54, 1.807) is 16.7 Å². The first kappa shape index (κ1) is 21.9. The molecule has 180 valence electrons. The highest BCUT2D eigenvalue weighted by Crippen LogP contribution is 2.48. The normalized spacial score (nSPS) is 24.3. The van der Waals surface area contributed by atoms with Gasteiger partial charge in [-0.1, -0.05) is 42.5 Å². The first-order chi connectivity index (χ1) is 17.1. The van der Waals surface area contributed by atoms with Gasteiger partial charge in [-0.25, -0.2) is 0 Å². The first-order valence-corrected chi connectivity index (χ1v) is 11.9. The summed E-state index contributed by atoms with van der Waals surface area (Å²) in [4.78, 5) is 28.6. The van der Waals surface area contributed by atoms with Crippen molar-refractivity contribution >= 4 is 5.91 Å². The van der Waals surface area contributed by atoms with Crippen LogP contribution in [0.5, 0.6) is 11.5 Å². The number of benzene rings is 2. The van der Waals surface area contributed by atoms with Crippen LogP contribution in [0.2, 0.25) is 0 Å². The van der Waals surface area contributed by atoms with E-state index in [9.17, 15) is 14.7 Å². The third kappa shape index (κ3) is 3.79. The summed E-state index contributed by atoms with van der Waals surface area (Å²) in [6, 6.07) is 20.5. The van der Waals surface area contributed by atoms with Crippen molar-refractivity contribution in [3.05, 3.63) is 93.9 Å². The fraction of sp³-hybridized carbons (Fsp3) is 0.333. The lowest BCUT2D eigenvalue weighted by Crippen LogP contribution is -2.45. The second-order valence-electron chi connectivity index (χ2n) is 9.35. The summed E-state index contributed by atoms with van der Waals surface area (Å²) >= 11 is 0. The summed E-state index contributed by atoms with van der Waals surface area (Å²) in [5.41, 5.74) is 2.79. The summed E-state index contributed by atoms with van der Waals surface area (Å²) in [6.07, 6.45) is 0. The van der Waals surface area contributed by atoms with Crippen LogP contribution in [0.15, 0.2) is 71.5 Å². The molecule has 8 nitrogen and oxygen atoms in total. The number of nitrogens with zero attached hydrogens (tertiary/aromatic N) is 2. The monoisotopic (exact) mass is 473 g/mol. The van der Waals surface area contributed by atoms with Gasteiger partial charge in [0.2, 0.25) is 12.7 Å². The SMILES string of the molecule is O=C(NCc1ccc2c(c1)OCO2)[C@H]1[C@H](CO)[C@H]2Cn3c(cccc3=O)[C@@H]1N2Cc1ccccc1. The van der Waals surface area contributed by atoms with Crippen molar-refractivity contribution in [1.29, 1.82) is 0 Å². The van der Waals surface area contributed by atoms with Gasteiger partial charge in [0.25, 0.3) is 5.56 Å². The van der Waals surface area contributed by atoms with Gasteiger partial charge in [0.15, 0.2) is 11.5 Å². The van der Waals surface area contributed by atoms with Gasteiger partial charge >= 0.3 is 0 Å². The molecule has 0 saturated carbocycles. The number of ether oxygens (including phenoxy) is 2.